The van der Waals surface area contributed by atoms with Crippen LogP contribution in [-0.2, 0) is 9.53 Å². The summed E-state index contributed by atoms with van der Waals surface area (Å²) in [6.45, 7) is -1.62. The quantitative estimate of drug-likeness (QED) is 0.287. The average molecular weight is 401 g/mol. The van der Waals surface area contributed by atoms with Crippen molar-refractivity contribution in [1.82, 2.24) is 0 Å². The highest BCUT2D eigenvalue weighted by molar-refractivity contribution is 6.03. The maximum absolute atomic E-state index is 12.4. The number of hydrogen-bond acceptors (Lipinski definition) is 6. The SMILES string of the molecule is COc1ccc(/C=C(\C#N)C(=O)OC(C)C(=O)c2ccc(OC(F)F)cc2)cc1. The summed E-state index contributed by atoms with van der Waals surface area (Å²) in [5.41, 5.74) is 0.438. The van der Waals surface area contributed by atoms with Gasteiger partial charge in [0.2, 0.25) is 5.78 Å². The van der Waals surface area contributed by atoms with Crippen LogP contribution in [0.5, 0.6) is 11.5 Å². The van der Waals surface area contributed by atoms with E-state index in [1.165, 1.54) is 44.4 Å². The summed E-state index contributed by atoms with van der Waals surface area (Å²) in [5.74, 6) is -0.992. The van der Waals surface area contributed by atoms with Gasteiger partial charge < -0.3 is 14.2 Å². The van der Waals surface area contributed by atoms with Crippen LogP contribution in [0.4, 0.5) is 8.78 Å². The molecule has 2 aromatic carbocycles. The van der Waals surface area contributed by atoms with Crippen LogP contribution in [0.2, 0.25) is 0 Å². The molecule has 0 aromatic heterocycles. The number of nitrogens with zero attached hydrogens (tertiary/aromatic N) is 1. The van der Waals surface area contributed by atoms with Crippen LogP contribution < -0.4 is 9.47 Å². The molecule has 0 saturated heterocycles. The summed E-state index contributed by atoms with van der Waals surface area (Å²) < 4.78 is 38.7. The highest BCUT2D eigenvalue weighted by atomic mass is 19.3. The second kappa shape index (κ2) is 9.99. The second-order valence-corrected chi connectivity index (χ2v) is 5.76. The van der Waals surface area contributed by atoms with Gasteiger partial charge in [0.05, 0.1) is 7.11 Å². The van der Waals surface area contributed by atoms with Gasteiger partial charge in [0.1, 0.15) is 23.1 Å². The van der Waals surface area contributed by atoms with Gasteiger partial charge in [0.25, 0.3) is 0 Å². The predicted molar refractivity (Wildman–Crippen MR) is 99.5 cm³/mol. The van der Waals surface area contributed by atoms with Crippen molar-refractivity contribution in [1.29, 1.82) is 5.26 Å². The number of esters is 1. The van der Waals surface area contributed by atoms with Gasteiger partial charge in [0, 0.05) is 5.56 Å². The number of alkyl halides is 2. The Hall–Kier alpha value is -3.73. The lowest BCUT2D eigenvalue weighted by molar-refractivity contribution is -0.141. The molecule has 8 heteroatoms. The number of carbonyl (C=O) groups excluding carboxylic acids is 2. The Bertz CT molecular complexity index is 931. The zero-order valence-corrected chi connectivity index (χ0v) is 15.6. The number of halogens is 2. The Morgan fingerprint density at radius 2 is 1.62 bits per heavy atom. The van der Waals surface area contributed by atoms with Crippen molar-refractivity contribution < 1.29 is 32.6 Å². The molecule has 2 rings (SSSR count). The summed E-state index contributed by atoms with van der Waals surface area (Å²) in [4.78, 5) is 24.6. The van der Waals surface area contributed by atoms with Gasteiger partial charge >= 0.3 is 12.6 Å². The largest absolute Gasteiger partial charge is 0.497 e. The minimum Gasteiger partial charge on any atom is -0.497 e. The van der Waals surface area contributed by atoms with Crippen molar-refractivity contribution in [2.75, 3.05) is 7.11 Å². The summed E-state index contributed by atoms with van der Waals surface area (Å²) in [6, 6.07) is 13.4. The normalized spacial score (nSPS) is 12.1. The van der Waals surface area contributed by atoms with Gasteiger partial charge in [0.15, 0.2) is 6.10 Å². The summed E-state index contributed by atoms with van der Waals surface area (Å²) in [7, 11) is 1.51. The zero-order chi connectivity index (χ0) is 21.4. The highest BCUT2D eigenvalue weighted by Crippen LogP contribution is 2.18. The molecule has 150 valence electrons. The van der Waals surface area contributed by atoms with E-state index in [-0.39, 0.29) is 16.9 Å². The van der Waals surface area contributed by atoms with E-state index < -0.39 is 24.5 Å². The van der Waals surface area contributed by atoms with Crippen molar-refractivity contribution in [2.24, 2.45) is 0 Å². The van der Waals surface area contributed by atoms with Crippen molar-refractivity contribution >= 4 is 17.8 Å². The Balaban J connectivity index is 2.06. The molecule has 1 atom stereocenters. The standard InChI is InChI=1S/C21H17F2NO5/c1-13(19(25)15-5-9-18(10-6-15)29-21(22)23)28-20(26)16(12-24)11-14-3-7-17(27-2)8-4-14/h3-11,13,21H,1-2H3/b16-11+. The molecule has 2 aromatic rings. The minimum absolute atomic E-state index is 0.101. The van der Waals surface area contributed by atoms with Gasteiger partial charge in [-0.2, -0.15) is 14.0 Å². The number of carbonyl (C=O) groups is 2. The molecule has 0 aliphatic carbocycles. The van der Waals surface area contributed by atoms with Gasteiger partial charge in [-0.3, -0.25) is 4.79 Å². The Morgan fingerprint density at radius 3 is 2.14 bits per heavy atom. The van der Waals surface area contributed by atoms with E-state index in [0.29, 0.717) is 11.3 Å². The lowest BCUT2D eigenvalue weighted by atomic mass is 10.1. The number of ether oxygens (including phenoxy) is 3. The molecule has 0 heterocycles. The van der Waals surface area contributed by atoms with Crippen molar-refractivity contribution in [3.63, 3.8) is 0 Å². The predicted octanol–water partition coefficient (Wildman–Crippen LogP) is 4.02. The van der Waals surface area contributed by atoms with E-state index >= 15 is 0 Å². The number of benzene rings is 2. The minimum atomic E-state index is -2.97. The van der Waals surface area contributed by atoms with Crippen LogP contribution in [0.15, 0.2) is 54.1 Å². The van der Waals surface area contributed by atoms with E-state index in [4.69, 9.17) is 9.47 Å². The summed E-state index contributed by atoms with van der Waals surface area (Å²) in [5, 5.41) is 9.23. The monoisotopic (exact) mass is 401 g/mol. The fourth-order valence-electron chi connectivity index (χ4n) is 2.32. The molecule has 0 saturated carbocycles. The molecule has 0 bridgehead atoms. The third-order valence-electron chi connectivity index (χ3n) is 3.78. The molecule has 6 nitrogen and oxygen atoms in total. The number of nitriles is 1. The van der Waals surface area contributed by atoms with Crippen LogP contribution >= 0.6 is 0 Å². The lowest BCUT2D eigenvalue weighted by Gasteiger charge is -2.12. The number of Topliss-reactive ketones (excluding diaryl/α,β-unsaturated/α-hetero) is 1. The maximum atomic E-state index is 12.4. The van der Waals surface area contributed by atoms with Crippen LogP contribution in [0.1, 0.15) is 22.8 Å². The lowest BCUT2D eigenvalue weighted by Crippen LogP contribution is -2.25. The number of hydrogen-bond donors (Lipinski definition) is 0. The van der Waals surface area contributed by atoms with Crippen molar-refractivity contribution in [2.45, 2.75) is 19.6 Å². The smallest absolute Gasteiger partial charge is 0.387 e. The number of ketones is 1. The fraction of sp³-hybridized carbons (Fsp3) is 0.190. The van der Waals surface area contributed by atoms with E-state index in [0.717, 1.165) is 0 Å². The van der Waals surface area contributed by atoms with Crippen LogP contribution in [0, 0.1) is 11.3 Å². The maximum Gasteiger partial charge on any atom is 0.387 e. The fourth-order valence-corrected chi connectivity index (χ4v) is 2.32. The van der Waals surface area contributed by atoms with E-state index in [1.807, 2.05) is 0 Å². The summed E-state index contributed by atoms with van der Waals surface area (Å²) >= 11 is 0. The molecule has 0 fully saturated rings. The number of methoxy groups -OCH3 is 1. The van der Waals surface area contributed by atoms with Crippen molar-refractivity contribution in [3.05, 3.63) is 65.2 Å². The molecule has 1 unspecified atom stereocenters. The molecule has 0 amide bonds. The first kappa shape index (κ1) is 21.6. The molecular weight excluding hydrogens is 384 g/mol. The summed E-state index contributed by atoms with van der Waals surface area (Å²) in [6.07, 6.45) is 0.145. The van der Waals surface area contributed by atoms with Crippen LogP contribution in [0.3, 0.4) is 0 Å². The van der Waals surface area contributed by atoms with Crippen molar-refractivity contribution in [3.8, 4) is 17.6 Å². The highest BCUT2D eigenvalue weighted by Gasteiger charge is 2.22. The molecule has 0 aliphatic heterocycles. The molecule has 0 aliphatic rings. The second-order valence-electron chi connectivity index (χ2n) is 5.76. The molecule has 0 radical (unpaired) electrons. The first-order chi connectivity index (χ1) is 13.8. The van der Waals surface area contributed by atoms with E-state index in [2.05, 4.69) is 4.74 Å². The van der Waals surface area contributed by atoms with Gasteiger partial charge in [-0.25, -0.2) is 4.79 Å². The molecule has 29 heavy (non-hydrogen) atoms. The van der Waals surface area contributed by atoms with Crippen LogP contribution in [0.25, 0.3) is 6.08 Å². The number of rotatable bonds is 8. The molecular formula is C21H17F2NO5. The average Bonchev–Trinajstić information content (AvgIpc) is 2.71. The Morgan fingerprint density at radius 1 is 1.03 bits per heavy atom. The van der Waals surface area contributed by atoms with Crippen LogP contribution in [-0.4, -0.2) is 31.6 Å². The zero-order valence-electron chi connectivity index (χ0n) is 15.6. The molecule has 0 spiro atoms. The third-order valence-corrected chi connectivity index (χ3v) is 3.78. The topological polar surface area (TPSA) is 85.6 Å². The van der Waals surface area contributed by atoms with E-state index in [1.54, 1.807) is 30.3 Å². The Kier molecular flexibility index (Phi) is 7.43. The first-order valence-corrected chi connectivity index (χ1v) is 8.40. The van der Waals surface area contributed by atoms with Gasteiger partial charge in [-0.15, -0.1) is 0 Å². The van der Waals surface area contributed by atoms with Gasteiger partial charge in [-0.05, 0) is 55.0 Å². The first-order valence-electron chi connectivity index (χ1n) is 8.40. The Labute approximate surface area is 165 Å². The van der Waals surface area contributed by atoms with E-state index in [9.17, 15) is 23.6 Å². The van der Waals surface area contributed by atoms with Gasteiger partial charge in [-0.1, -0.05) is 12.1 Å². The third kappa shape index (κ3) is 6.14. The molecule has 0 N–H and O–H groups in total.